The maximum Gasteiger partial charge on any atom is 0.267 e. The summed E-state index contributed by atoms with van der Waals surface area (Å²) in [5.41, 5.74) is 1.39. The molecule has 6 nitrogen and oxygen atoms in total. The van der Waals surface area contributed by atoms with Gasteiger partial charge in [0, 0.05) is 12.7 Å². The van der Waals surface area contributed by atoms with Gasteiger partial charge in [-0.1, -0.05) is 6.07 Å². The van der Waals surface area contributed by atoms with Gasteiger partial charge in [-0.3, -0.25) is 4.79 Å². The number of anilines is 1. The molecular formula is C15H16N4O2. The van der Waals surface area contributed by atoms with E-state index in [9.17, 15) is 4.79 Å². The standard InChI is InChI=1S/C15H16N4O2/c1-11-4-5-14(21-2)13(8-11)19-15(20)12(9-17)10-18-7-3-6-16/h4-5,8,10,18H,3,7H2,1-2H3,(H,19,20)/b12-10-. The van der Waals surface area contributed by atoms with Crippen molar-refractivity contribution in [2.45, 2.75) is 13.3 Å². The van der Waals surface area contributed by atoms with Crippen LogP contribution in [0.1, 0.15) is 12.0 Å². The second-order valence-electron chi connectivity index (χ2n) is 4.19. The van der Waals surface area contributed by atoms with E-state index < -0.39 is 5.91 Å². The lowest BCUT2D eigenvalue weighted by molar-refractivity contribution is -0.112. The molecule has 0 aliphatic rings. The van der Waals surface area contributed by atoms with Crippen LogP contribution in [0.3, 0.4) is 0 Å². The number of methoxy groups -OCH3 is 1. The Hall–Kier alpha value is -2.99. The van der Waals surface area contributed by atoms with Crippen LogP contribution < -0.4 is 15.4 Å². The lowest BCUT2D eigenvalue weighted by Crippen LogP contribution is -2.17. The summed E-state index contributed by atoms with van der Waals surface area (Å²) < 4.78 is 5.16. The zero-order valence-electron chi connectivity index (χ0n) is 11.9. The summed E-state index contributed by atoms with van der Waals surface area (Å²) >= 11 is 0. The van der Waals surface area contributed by atoms with Crippen molar-refractivity contribution in [1.82, 2.24) is 5.32 Å². The van der Waals surface area contributed by atoms with Crippen molar-refractivity contribution in [1.29, 1.82) is 10.5 Å². The smallest absolute Gasteiger partial charge is 0.267 e. The first kappa shape index (κ1) is 16.1. The Morgan fingerprint density at radius 2 is 2.19 bits per heavy atom. The Bertz CT molecular complexity index is 624. The zero-order valence-corrected chi connectivity index (χ0v) is 11.9. The third-order valence-corrected chi connectivity index (χ3v) is 2.60. The van der Waals surface area contributed by atoms with Gasteiger partial charge < -0.3 is 15.4 Å². The quantitative estimate of drug-likeness (QED) is 0.472. The van der Waals surface area contributed by atoms with Crippen LogP contribution in [0.25, 0.3) is 0 Å². The van der Waals surface area contributed by atoms with Crippen LogP contribution in [-0.4, -0.2) is 19.6 Å². The molecule has 108 valence electrons. The Morgan fingerprint density at radius 1 is 1.43 bits per heavy atom. The number of carbonyl (C=O) groups excluding carboxylic acids is 1. The van der Waals surface area contributed by atoms with Gasteiger partial charge in [0.15, 0.2) is 0 Å². The van der Waals surface area contributed by atoms with E-state index in [4.69, 9.17) is 15.3 Å². The van der Waals surface area contributed by atoms with Crippen LogP contribution >= 0.6 is 0 Å². The SMILES string of the molecule is COc1ccc(C)cc1NC(=O)/C(C#N)=C\NCCC#N. The maximum absolute atomic E-state index is 12.0. The summed E-state index contributed by atoms with van der Waals surface area (Å²) in [6.45, 7) is 2.27. The minimum Gasteiger partial charge on any atom is -0.495 e. The molecule has 0 bridgehead atoms. The van der Waals surface area contributed by atoms with E-state index in [0.717, 1.165) is 5.56 Å². The summed E-state index contributed by atoms with van der Waals surface area (Å²) in [6, 6.07) is 9.13. The maximum atomic E-state index is 12.0. The summed E-state index contributed by atoms with van der Waals surface area (Å²) in [7, 11) is 1.50. The van der Waals surface area contributed by atoms with E-state index >= 15 is 0 Å². The van der Waals surface area contributed by atoms with Crippen LogP contribution in [0.2, 0.25) is 0 Å². The van der Waals surface area contributed by atoms with Gasteiger partial charge in [-0.2, -0.15) is 10.5 Å². The second-order valence-corrected chi connectivity index (χ2v) is 4.19. The van der Waals surface area contributed by atoms with Crippen molar-refractivity contribution in [3.63, 3.8) is 0 Å². The van der Waals surface area contributed by atoms with Crippen LogP contribution in [0.15, 0.2) is 30.0 Å². The Labute approximate surface area is 123 Å². The molecule has 1 rings (SSSR count). The van der Waals surface area contributed by atoms with E-state index in [0.29, 0.717) is 24.4 Å². The van der Waals surface area contributed by atoms with Crippen molar-refractivity contribution < 1.29 is 9.53 Å². The lowest BCUT2D eigenvalue weighted by Gasteiger charge is -2.10. The third-order valence-electron chi connectivity index (χ3n) is 2.60. The molecule has 0 radical (unpaired) electrons. The first-order valence-electron chi connectivity index (χ1n) is 6.29. The Balaban J connectivity index is 2.82. The van der Waals surface area contributed by atoms with Gasteiger partial charge in [0.1, 0.15) is 17.4 Å². The van der Waals surface area contributed by atoms with E-state index in [1.54, 1.807) is 12.1 Å². The van der Waals surface area contributed by atoms with Gasteiger partial charge in [-0.25, -0.2) is 0 Å². The van der Waals surface area contributed by atoms with Crippen molar-refractivity contribution in [2.24, 2.45) is 0 Å². The fourth-order valence-corrected chi connectivity index (χ4v) is 1.56. The van der Waals surface area contributed by atoms with Gasteiger partial charge >= 0.3 is 0 Å². The number of carbonyl (C=O) groups is 1. The fraction of sp³-hybridized carbons (Fsp3) is 0.267. The predicted molar refractivity (Wildman–Crippen MR) is 78.3 cm³/mol. The Kier molecular flexibility index (Phi) is 6.30. The summed E-state index contributed by atoms with van der Waals surface area (Å²) in [6.07, 6.45) is 1.59. The number of amides is 1. The molecule has 0 atom stereocenters. The molecule has 2 N–H and O–H groups in total. The number of nitrogens with zero attached hydrogens (tertiary/aromatic N) is 2. The molecule has 1 aromatic carbocycles. The van der Waals surface area contributed by atoms with Gasteiger partial charge in [-0.05, 0) is 24.6 Å². The van der Waals surface area contributed by atoms with Gasteiger partial charge in [-0.15, -0.1) is 0 Å². The topological polar surface area (TPSA) is 97.9 Å². The number of nitriles is 2. The molecule has 0 aliphatic heterocycles. The van der Waals surface area contributed by atoms with Crippen LogP contribution in [0.5, 0.6) is 5.75 Å². The van der Waals surface area contributed by atoms with Gasteiger partial charge in [0.05, 0.1) is 25.3 Å². The molecule has 1 amide bonds. The third kappa shape index (κ3) is 4.88. The van der Waals surface area contributed by atoms with Crippen molar-refractivity contribution in [2.75, 3.05) is 19.0 Å². The summed E-state index contributed by atoms with van der Waals surface area (Å²) in [4.78, 5) is 12.0. The van der Waals surface area contributed by atoms with E-state index in [2.05, 4.69) is 10.6 Å². The molecule has 0 spiro atoms. The monoisotopic (exact) mass is 284 g/mol. The molecular weight excluding hydrogens is 268 g/mol. The fourth-order valence-electron chi connectivity index (χ4n) is 1.56. The first-order chi connectivity index (χ1) is 10.1. The number of aryl methyl sites for hydroxylation is 1. The lowest BCUT2D eigenvalue weighted by atomic mass is 10.2. The number of nitrogens with one attached hydrogen (secondary N) is 2. The normalized spacial score (nSPS) is 10.2. The molecule has 1 aromatic rings. The van der Waals surface area contributed by atoms with Gasteiger partial charge in [0.2, 0.25) is 0 Å². The molecule has 6 heteroatoms. The minimum atomic E-state index is -0.536. The highest BCUT2D eigenvalue weighted by molar-refractivity contribution is 6.07. The summed E-state index contributed by atoms with van der Waals surface area (Å²) in [5.74, 6) is -0.0189. The van der Waals surface area contributed by atoms with Crippen molar-refractivity contribution in [3.05, 3.63) is 35.5 Å². The number of hydrogen-bond donors (Lipinski definition) is 2. The highest BCUT2D eigenvalue weighted by atomic mass is 16.5. The van der Waals surface area contributed by atoms with Crippen LogP contribution in [-0.2, 0) is 4.79 Å². The molecule has 21 heavy (non-hydrogen) atoms. The molecule has 0 aromatic heterocycles. The highest BCUT2D eigenvalue weighted by Crippen LogP contribution is 2.25. The second kappa shape index (κ2) is 8.23. The first-order valence-corrected chi connectivity index (χ1v) is 6.29. The number of rotatable bonds is 6. The van der Waals surface area contributed by atoms with E-state index in [1.807, 2.05) is 25.1 Å². The molecule has 0 unspecified atom stereocenters. The molecule has 0 aliphatic carbocycles. The minimum absolute atomic E-state index is 0.0727. The molecule has 0 saturated carbocycles. The number of ether oxygens (including phenoxy) is 1. The largest absolute Gasteiger partial charge is 0.495 e. The van der Waals surface area contributed by atoms with Crippen LogP contribution in [0.4, 0.5) is 5.69 Å². The predicted octanol–water partition coefficient (Wildman–Crippen LogP) is 1.85. The van der Waals surface area contributed by atoms with Gasteiger partial charge in [0.25, 0.3) is 5.91 Å². The van der Waals surface area contributed by atoms with E-state index in [1.165, 1.54) is 13.3 Å². The van der Waals surface area contributed by atoms with E-state index in [-0.39, 0.29) is 5.57 Å². The number of hydrogen-bond acceptors (Lipinski definition) is 5. The molecule has 0 heterocycles. The average Bonchev–Trinajstić information content (AvgIpc) is 2.47. The number of benzene rings is 1. The molecule has 0 fully saturated rings. The summed E-state index contributed by atoms with van der Waals surface area (Å²) in [5, 5.41) is 22.8. The van der Waals surface area contributed by atoms with Crippen molar-refractivity contribution >= 4 is 11.6 Å². The van der Waals surface area contributed by atoms with Crippen LogP contribution in [0, 0.1) is 29.6 Å². The molecule has 0 saturated heterocycles. The highest BCUT2D eigenvalue weighted by Gasteiger charge is 2.12. The zero-order chi connectivity index (χ0) is 15.7. The average molecular weight is 284 g/mol. The Morgan fingerprint density at radius 3 is 2.81 bits per heavy atom. The van der Waals surface area contributed by atoms with Crippen molar-refractivity contribution in [3.8, 4) is 17.9 Å².